The molecule has 0 bridgehead atoms. The van der Waals surface area contributed by atoms with Crippen molar-refractivity contribution in [2.45, 2.75) is 424 Å². The molecule has 0 aliphatic rings. The Morgan fingerprint density at radius 3 is 0.741 bits per heavy atom. The van der Waals surface area contributed by atoms with Crippen molar-refractivity contribution in [2.75, 3.05) is 13.2 Å². The number of aliphatic hydroxyl groups is 1. The van der Waals surface area contributed by atoms with Crippen LogP contribution in [0.1, 0.15) is 418 Å². The number of allylic oxidation sites excluding steroid dienone is 6. The van der Waals surface area contributed by atoms with Crippen molar-refractivity contribution in [1.82, 2.24) is 0 Å². The first-order valence-corrected chi connectivity index (χ1v) is 37.0. The van der Waals surface area contributed by atoms with Gasteiger partial charge in [-0.25, -0.2) is 0 Å². The number of carbonyl (C=O) groups excluding carboxylic acids is 2. The number of rotatable bonds is 70. The highest BCUT2D eigenvalue weighted by atomic mass is 16.6. The molecular formula is C76H144O5. The van der Waals surface area contributed by atoms with Crippen LogP contribution in [-0.4, -0.2) is 36.4 Å². The van der Waals surface area contributed by atoms with Crippen molar-refractivity contribution in [3.8, 4) is 0 Å². The lowest BCUT2D eigenvalue weighted by Crippen LogP contribution is -2.28. The molecule has 5 nitrogen and oxygen atoms in total. The number of unbranched alkanes of at least 4 members (excludes halogenated alkanes) is 56. The minimum atomic E-state index is -0.769. The average molecular weight is 1140 g/mol. The number of aliphatic hydroxyl groups excluding tert-OH is 1. The molecule has 1 unspecified atom stereocenters. The van der Waals surface area contributed by atoms with E-state index in [2.05, 4.69) is 50.3 Å². The molecule has 0 aliphatic heterocycles. The van der Waals surface area contributed by atoms with E-state index in [1.54, 1.807) is 0 Å². The van der Waals surface area contributed by atoms with Gasteiger partial charge in [-0.1, -0.05) is 391 Å². The third kappa shape index (κ3) is 70.5. The number of hydrogen-bond acceptors (Lipinski definition) is 5. The Bertz CT molecular complexity index is 1290. The predicted octanol–water partition coefficient (Wildman–Crippen LogP) is 25.7. The van der Waals surface area contributed by atoms with E-state index < -0.39 is 6.10 Å². The van der Waals surface area contributed by atoms with E-state index in [4.69, 9.17) is 9.47 Å². The van der Waals surface area contributed by atoms with Crippen LogP contribution in [0.4, 0.5) is 0 Å². The quantitative estimate of drug-likeness (QED) is 0.0373. The van der Waals surface area contributed by atoms with Gasteiger partial charge in [-0.3, -0.25) is 9.59 Å². The molecule has 0 aromatic heterocycles. The van der Waals surface area contributed by atoms with Crippen LogP contribution in [0, 0.1) is 0 Å². The van der Waals surface area contributed by atoms with Gasteiger partial charge < -0.3 is 14.6 Å². The van der Waals surface area contributed by atoms with Crippen LogP contribution >= 0.6 is 0 Å². The van der Waals surface area contributed by atoms with Crippen molar-refractivity contribution in [1.29, 1.82) is 0 Å². The molecule has 0 amide bonds. The van der Waals surface area contributed by atoms with E-state index >= 15 is 0 Å². The van der Waals surface area contributed by atoms with Gasteiger partial charge in [0.1, 0.15) is 6.61 Å². The Morgan fingerprint density at radius 1 is 0.284 bits per heavy atom. The van der Waals surface area contributed by atoms with E-state index in [1.165, 1.54) is 347 Å². The fraction of sp³-hybridized carbons (Fsp3) is 0.895. The van der Waals surface area contributed by atoms with Crippen molar-refractivity contribution in [2.24, 2.45) is 0 Å². The Morgan fingerprint density at radius 2 is 0.494 bits per heavy atom. The molecular weight excluding hydrogens is 993 g/mol. The topological polar surface area (TPSA) is 72.8 Å². The monoisotopic (exact) mass is 1140 g/mol. The molecule has 0 saturated carbocycles. The third-order valence-corrected chi connectivity index (χ3v) is 17.2. The highest BCUT2D eigenvalue weighted by Gasteiger charge is 2.16. The van der Waals surface area contributed by atoms with Crippen molar-refractivity contribution >= 4 is 11.9 Å². The maximum absolute atomic E-state index is 12.4. The fourth-order valence-electron chi connectivity index (χ4n) is 11.6. The number of esters is 2. The summed E-state index contributed by atoms with van der Waals surface area (Å²) in [6.07, 6.45) is 96.4. The minimum absolute atomic E-state index is 0.0578. The van der Waals surface area contributed by atoms with Gasteiger partial charge in [0, 0.05) is 12.8 Å². The molecule has 5 heteroatoms. The smallest absolute Gasteiger partial charge is 0.306 e. The summed E-state index contributed by atoms with van der Waals surface area (Å²) < 4.78 is 10.8. The van der Waals surface area contributed by atoms with Gasteiger partial charge in [-0.15, -0.1) is 0 Å². The maximum Gasteiger partial charge on any atom is 0.306 e. The van der Waals surface area contributed by atoms with Gasteiger partial charge in [-0.2, -0.15) is 0 Å². The summed E-state index contributed by atoms with van der Waals surface area (Å²) in [6.45, 7) is 4.20. The van der Waals surface area contributed by atoms with Gasteiger partial charge in [0.05, 0.1) is 6.61 Å². The molecule has 478 valence electrons. The summed E-state index contributed by atoms with van der Waals surface area (Å²) in [4.78, 5) is 24.7. The summed E-state index contributed by atoms with van der Waals surface area (Å²) in [5.74, 6) is -0.562. The second kappa shape index (κ2) is 72.4. The van der Waals surface area contributed by atoms with E-state index in [0.717, 1.165) is 44.9 Å². The lowest BCUT2D eigenvalue weighted by Gasteiger charge is -2.15. The Kier molecular flexibility index (Phi) is 70.7. The van der Waals surface area contributed by atoms with Crippen molar-refractivity contribution in [3.63, 3.8) is 0 Å². The second-order valence-corrected chi connectivity index (χ2v) is 25.4. The van der Waals surface area contributed by atoms with Crippen molar-refractivity contribution in [3.05, 3.63) is 36.5 Å². The molecule has 0 aromatic rings. The molecule has 0 heterocycles. The van der Waals surface area contributed by atoms with E-state index in [1.807, 2.05) is 0 Å². The van der Waals surface area contributed by atoms with Gasteiger partial charge in [0.25, 0.3) is 0 Å². The predicted molar refractivity (Wildman–Crippen MR) is 358 cm³/mol. The van der Waals surface area contributed by atoms with Crippen LogP contribution in [0.15, 0.2) is 36.5 Å². The molecule has 1 atom stereocenters. The molecule has 81 heavy (non-hydrogen) atoms. The first-order chi connectivity index (χ1) is 40.1. The van der Waals surface area contributed by atoms with Crippen LogP contribution < -0.4 is 0 Å². The van der Waals surface area contributed by atoms with Gasteiger partial charge in [0.15, 0.2) is 6.10 Å². The highest BCUT2D eigenvalue weighted by Crippen LogP contribution is 2.20. The fourth-order valence-corrected chi connectivity index (χ4v) is 11.6. The van der Waals surface area contributed by atoms with E-state index in [9.17, 15) is 14.7 Å². The normalized spacial score (nSPS) is 12.3. The zero-order valence-electron chi connectivity index (χ0n) is 55.1. The van der Waals surface area contributed by atoms with Crippen LogP contribution in [0.2, 0.25) is 0 Å². The Hall–Kier alpha value is -1.88. The third-order valence-electron chi connectivity index (χ3n) is 17.2. The SMILES string of the molecule is CCCCCCC/C=C\C/C=C\C/C=C\CCCCCCCCCCCCCCCCCCCCCCCCCCC(=O)OC(CO)COC(=O)CCCCCCCCCCCCCCCCCCCCCCCCCCCCCC. The first-order valence-electron chi connectivity index (χ1n) is 37.0. The molecule has 0 fully saturated rings. The molecule has 0 saturated heterocycles. The van der Waals surface area contributed by atoms with E-state index in [-0.39, 0.29) is 25.2 Å². The number of hydrogen-bond donors (Lipinski definition) is 1. The zero-order valence-corrected chi connectivity index (χ0v) is 55.1. The Balaban J connectivity index is 3.37. The zero-order chi connectivity index (χ0) is 58.4. The molecule has 1 N–H and O–H groups in total. The van der Waals surface area contributed by atoms with Gasteiger partial charge >= 0.3 is 11.9 Å². The molecule has 0 aliphatic carbocycles. The van der Waals surface area contributed by atoms with Crippen LogP contribution in [0.3, 0.4) is 0 Å². The van der Waals surface area contributed by atoms with Crippen LogP contribution in [-0.2, 0) is 19.1 Å². The first kappa shape index (κ1) is 79.1. The lowest BCUT2D eigenvalue weighted by atomic mass is 10.0. The molecule has 0 spiro atoms. The van der Waals surface area contributed by atoms with Crippen LogP contribution in [0.5, 0.6) is 0 Å². The standard InChI is InChI=1S/C76H144O5/c1-3-5-7-9-11-13-15-17-19-21-23-25-27-29-31-33-34-35-36-37-38-39-40-41-42-43-45-47-49-51-53-55-57-59-61-63-65-67-69-71-76(79)81-74(72-77)73-80-75(78)70-68-66-64-62-60-58-56-54-52-50-48-46-44-32-30-28-26-24-22-20-18-16-14-12-10-8-6-4-2/h15,17,21,23,27,29,74,77H,3-14,16,18-20,22,24-26,28,30-73H2,1-2H3/b17-15-,23-21-,29-27-. The summed E-state index contributed by atoms with van der Waals surface area (Å²) in [5.41, 5.74) is 0. The Labute approximate surface area is 507 Å². The van der Waals surface area contributed by atoms with Crippen LogP contribution in [0.25, 0.3) is 0 Å². The average Bonchev–Trinajstić information content (AvgIpc) is 3.47. The molecule has 0 radical (unpaired) electrons. The summed E-state index contributed by atoms with van der Waals surface area (Å²) in [5, 5.41) is 9.71. The van der Waals surface area contributed by atoms with E-state index in [0.29, 0.717) is 12.8 Å². The number of ether oxygens (including phenoxy) is 2. The largest absolute Gasteiger partial charge is 0.462 e. The minimum Gasteiger partial charge on any atom is -0.462 e. The summed E-state index contributed by atoms with van der Waals surface area (Å²) in [6, 6.07) is 0. The van der Waals surface area contributed by atoms with Crippen molar-refractivity contribution < 1.29 is 24.2 Å². The highest BCUT2D eigenvalue weighted by molar-refractivity contribution is 5.70. The van der Waals surface area contributed by atoms with Gasteiger partial charge in [-0.05, 0) is 51.4 Å². The number of carbonyl (C=O) groups is 2. The summed E-state index contributed by atoms with van der Waals surface area (Å²) >= 11 is 0. The second-order valence-electron chi connectivity index (χ2n) is 25.4. The molecule has 0 aromatic carbocycles. The maximum atomic E-state index is 12.4. The van der Waals surface area contributed by atoms with Gasteiger partial charge in [0.2, 0.25) is 0 Å². The lowest BCUT2D eigenvalue weighted by molar-refractivity contribution is -0.161. The molecule has 0 rings (SSSR count). The summed E-state index contributed by atoms with van der Waals surface area (Å²) in [7, 11) is 0.